The van der Waals surface area contributed by atoms with Crippen LogP contribution in [0.1, 0.15) is 0 Å². The third-order valence-electron chi connectivity index (χ3n) is 1.00. The van der Waals surface area contributed by atoms with E-state index in [1.54, 1.807) is 24.3 Å². The highest BCUT2D eigenvalue weighted by Gasteiger charge is 1.94. The molecule has 0 aromatic heterocycles. The lowest BCUT2D eigenvalue weighted by molar-refractivity contribution is -0.0109. The molecule has 0 saturated carbocycles. The largest absolute Gasteiger partial charge is 0.452 e. The van der Waals surface area contributed by atoms with Crippen molar-refractivity contribution in [2.45, 2.75) is 6.41 Å². The van der Waals surface area contributed by atoms with E-state index < -0.39 is 6.41 Å². The predicted octanol–water partition coefficient (Wildman–Crippen LogP) is 0.300. The molecule has 0 radical (unpaired) electrons. The number of nitrogens with two attached hydrogens (primary N) is 1. The molecule has 54 valence electrons. The van der Waals surface area contributed by atoms with Gasteiger partial charge in [-0.25, -0.2) is 0 Å². The molecule has 0 aliphatic carbocycles. The lowest BCUT2D eigenvalue weighted by Gasteiger charge is -2.06. The SMILES string of the molecule is NC(O)Oc1ccccc1. The molecule has 1 rings (SSSR count). The van der Waals surface area contributed by atoms with Crippen molar-refractivity contribution in [1.29, 1.82) is 0 Å². The first-order valence-electron chi connectivity index (χ1n) is 2.94. The zero-order valence-corrected chi connectivity index (χ0v) is 5.40. The van der Waals surface area contributed by atoms with Crippen molar-refractivity contribution in [2.24, 2.45) is 5.73 Å². The summed E-state index contributed by atoms with van der Waals surface area (Å²) in [6.07, 6.45) is -1.23. The van der Waals surface area contributed by atoms with Gasteiger partial charge in [-0.3, -0.25) is 5.73 Å². The summed E-state index contributed by atoms with van der Waals surface area (Å²) in [4.78, 5) is 0. The number of para-hydroxylation sites is 1. The second-order valence-electron chi connectivity index (χ2n) is 1.82. The average Bonchev–Trinajstić information content (AvgIpc) is 1.88. The maximum absolute atomic E-state index is 8.56. The molecule has 1 aromatic rings. The standard InChI is InChI=1S/C7H9NO2/c8-7(9)10-6-4-2-1-3-5-6/h1-5,7,9H,8H2. The Balaban J connectivity index is 2.59. The van der Waals surface area contributed by atoms with Crippen LogP contribution in [0.3, 0.4) is 0 Å². The van der Waals surface area contributed by atoms with Gasteiger partial charge in [-0.15, -0.1) is 0 Å². The van der Waals surface area contributed by atoms with Gasteiger partial charge in [-0.05, 0) is 12.1 Å². The van der Waals surface area contributed by atoms with Crippen LogP contribution < -0.4 is 10.5 Å². The summed E-state index contributed by atoms with van der Waals surface area (Å²) in [5.41, 5.74) is 4.96. The summed E-state index contributed by atoms with van der Waals surface area (Å²) >= 11 is 0. The summed E-state index contributed by atoms with van der Waals surface area (Å²) in [5, 5.41) is 8.56. The first kappa shape index (κ1) is 7.05. The van der Waals surface area contributed by atoms with E-state index in [0.717, 1.165) is 0 Å². The molecular formula is C7H9NO2. The number of rotatable bonds is 2. The minimum atomic E-state index is -1.23. The van der Waals surface area contributed by atoms with Crippen LogP contribution in [0.15, 0.2) is 30.3 Å². The van der Waals surface area contributed by atoms with Gasteiger partial charge in [-0.1, -0.05) is 18.2 Å². The van der Waals surface area contributed by atoms with E-state index in [4.69, 9.17) is 15.6 Å². The van der Waals surface area contributed by atoms with Crippen molar-refractivity contribution in [1.82, 2.24) is 0 Å². The van der Waals surface area contributed by atoms with Crippen molar-refractivity contribution in [3.63, 3.8) is 0 Å². The van der Waals surface area contributed by atoms with Crippen LogP contribution >= 0.6 is 0 Å². The van der Waals surface area contributed by atoms with Crippen LogP contribution in [-0.4, -0.2) is 11.5 Å². The molecule has 0 spiro atoms. The summed E-state index contributed by atoms with van der Waals surface area (Å²) in [6, 6.07) is 8.90. The second kappa shape index (κ2) is 3.20. The smallest absolute Gasteiger partial charge is 0.254 e. The summed E-state index contributed by atoms with van der Waals surface area (Å²) in [5.74, 6) is 0.567. The van der Waals surface area contributed by atoms with Crippen LogP contribution in [0, 0.1) is 0 Å². The van der Waals surface area contributed by atoms with E-state index in [0.29, 0.717) is 5.75 Å². The van der Waals surface area contributed by atoms with Gasteiger partial charge >= 0.3 is 0 Å². The van der Waals surface area contributed by atoms with Crippen LogP contribution in [0.25, 0.3) is 0 Å². The maximum atomic E-state index is 8.56. The number of ether oxygens (including phenoxy) is 1. The Morgan fingerprint density at radius 3 is 2.40 bits per heavy atom. The zero-order chi connectivity index (χ0) is 7.40. The number of hydrogen-bond donors (Lipinski definition) is 2. The number of hydrogen-bond acceptors (Lipinski definition) is 3. The van der Waals surface area contributed by atoms with E-state index in [1.165, 1.54) is 0 Å². The molecule has 0 aliphatic rings. The Hall–Kier alpha value is -1.06. The first-order chi connectivity index (χ1) is 4.79. The molecule has 0 heterocycles. The molecule has 1 atom stereocenters. The lowest BCUT2D eigenvalue weighted by atomic mass is 10.3. The third-order valence-corrected chi connectivity index (χ3v) is 1.00. The van der Waals surface area contributed by atoms with Crippen LogP contribution in [0.4, 0.5) is 0 Å². The zero-order valence-electron chi connectivity index (χ0n) is 5.40. The van der Waals surface area contributed by atoms with Gasteiger partial charge in [0.15, 0.2) is 0 Å². The maximum Gasteiger partial charge on any atom is 0.254 e. The minimum Gasteiger partial charge on any atom is -0.452 e. The molecule has 0 fully saturated rings. The normalized spacial score (nSPS) is 12.6. The van der Waals surface area contributed by atoms with Crippen LogP contribution in [0.2, 0.25) is 0 Å². The minimum absolute atomic E-state index is 0.567. The van der Waals surface area contributed by atoms with Gasteiger partial charge in [0, 0.05) is 0 Å². The number of aliphatic hydroxyl groups is 1. The highest BCUT2D eigenvalue weighted by atomic mass is 16.6. The van der Waals surface area contributed by atoms with Gasteiger partial charge in [0.2, 0.25) is 0 Å². The van der Waals surface area contributed by atoms with Crippen LogP contribution in [0.5, 0.6) is 5.75 Å². The number of benzene rings is 1. The fourth-order valence-electron chi connectivity index (χ4n) is 0.638. The lowest BCUT2D eigenvalue weighted by Crippen LogP contribution is -2.25. The highest BCUT2D eigenvalue weighted by molar-refractivity contribution is 5.20. The van der Waals surface area contributed by atoms with Crippen LogP contribution in [-0.2, 0) is 0 Å². The van der Waals surface area contributed by atoms with Crippen molar-refractivity contribution in [3.05, 3.63) is 30.3 Å². The fourth-order valence-corrected chi connectivity index (χ4v) is 0.638. The van der Waals surface area contributed by atoms with E-state index in [-0.39, 0.29) is 0 Å². The second-order valence-corrected chi connectivity index (χ2v) is 1.82. The van der Waals surface area contributed by atoms with Gasteiger partial charge in [0.1, 0.15) is 5.75 Å². The molecule has 3 heteroatoms. The highest BCUT2D eigenvalue weighted by Crippen LogP contribution is 2.07. The molecular weight excluding hydrogens is 130 g/mol. The quantitative estimate of drug-likeness (QED) is 0.579. The molecule has 0 saturated heterocycles. The average molecular weight is 139 g/mol. The Bertz CT molecular complexity index is 186. The van der Waals surface area contributed by atoms with Gasteiger partial charge in [-0.2, -0.15) is 0 Å². The molecule has 0 aliphatic heterocycles. The summed E-state index contributed by atoms with van der Waals surface area (Å²) in [6.45, 7) is 0. The Kier molecular flexibility index (Phi) is 2.25. The Labute approximate surface area is 59.0 Å². The van der Waals surface area contributed by atoms with Crippen molar-refractivity contribution >= 4 is 0 Å². The number of aliphatic hydroxyl groups excluding tert-OH is 1. The van der Waals surface area contributed by atoms with Gasteiger partial charge in [0.25, 0.3) is 6.41 Å². The van der Waals surface area contributed by atoms with E-state index in [1.807, 2.05) is 6.07 Å². The molecule has 1 aromatic carbocycles. The summed E-state index contributed by atoms with van der Waals surface area (Å²) in [7, 11) is 0. The van der Waals surface area contributed by atoms with Crippen molar-refractivity contribution in [2.75, 3.05) is 0 Å². The topological polar surface area (TPSA) is 55.5 Å². The monoisotopic (exact) mass is 139 g/mol. The molecule has 0 bridgehead atoms. The third kappa shape index (κ3) is 2.05. The fraction of sp³-hybridized carbons (Fsp3) is 0.143. The van der Waals surface area contributed by atoms with E-state index in [9.17, 15) is 0 Å². The predicted molar refractivity (Wildman–Crippen MR) is 37.3 cm³/mol. The van der Waals surface area contributed by atoms with Crippen molar-refractivity contribution in [3.8, 4) is 5.75 Å². The molecule has 10 heavy (non-hydrogen) atoms. The van der Waals surface area contributed by atoms with E-state index in [2.05, 4.69) is 0 Å². The Morgan fingerprint density at radius 1 is 1.30 bits per heavy atom. The molecule has 0 amide bonds. The Morgan fingerprint density at radius 2 is 1.90 bits per heavy atom. The summed E-state index contributed by atoms with van der Waals surface area (Å²) < 4.78 is 4.75. The van der Waals surface area contributed by atoms with Crippen molar-refractivity contribution < 1.29 is 9.84 Å². The molecule has 3 N–H and O–H groups in total. The molecule has 3 nitrogen and oxygen atoms in total. The van der Waals surface area contributed by atoms with E-state index >= 15 is 0 Å². The van der Waals surface area contributed by atoms with Gasteiger partial charge < -0.3 is 9.84 Å². The van der Waals surface area contributed by atoms with Gasteiger partial charge in [0.05, 0.1) is 0 Å². The molecule has 1 unspecified atom stereocenters. The first-order valence-corrected chi connectivity index (χ1v) is 2.94.